The highest BCUT2D eigenvalue weighted by molar-refractivity contribution is 5.91. The predicted octanol–water partition coefficient (Wildman–Crippen LogP) is 3.71. The van der Waals surface area contributed by atoms with Gasteiger partial charge in [-0.15, -0.1) is 0 Å². The summed E-state index contributed by atoms with van der Waals surface area (Å²) < 4.78 is 36.2. The zero-order valence-electron chi connectivity index (χ0n) is 26.7. The van der Waals surface area contributed by atoms with E-state index in [4.69, 9.17) is 23.7 Å². The third-order valence-electron chi connectivity index (χ3n) is 6.54. The first-order chi connectivity index (χ1) is 23.1. The first-order valence-corrected chi connectivity index (χ1v) is 14.2. The second-order valence-corrected chi connectivity index (χ2v) is 9.60. The van der Waals surface area contributed by atoms with Crippen LogP contribution >= 0.6 is 0 Å². The number of hydrogen-bond donors (Lipinski definition) is 0. The van der Waals surface area contributed by atoms with E-state index in [0.29, 0.717) is 22.7 Å². The SMILES string of the molecule is COC(=O)COc1ccccc1OCCOc1cc(/C=C/c2ccc(C(=O)OC)cc2[N+](=O)[O-])ccc1N(CC(=O)OC)CC(=O)OC. The Hall–Kier alpha value is -6.12. The second kappa shape index (κ2) is 18.1. The number of rotatable bonds is 17. The Morgan fingerprint density at radius 2 is 1.31 bits per heavy atom. The molecule has 3 aromatic rings. The normalized spacial score (nSPS) is 10.5. The van der Waals surface area contributed by atoms with Gasteiger partial charge in [0.2, 0.25) is 0 Å². The number of hydrogen-bond acceptors (Lipinski definition) is 14. The van der Waals surface area contributed by atoms with Crippen molar-refractivity contribution < 1.29 is 57.3 Å². The van der Waals surface area contributed by atoms with Crippen molar-refractivity contribution in [2.45, 2.75) is 0 Å². The number of nitro benzene ring substituents is 1. The number of nitrogens with zero attached hydrogens (tertiary/aromatic N) is 2. The summed E-state index contributed by atoms with van der Waals surface area (Å²) in [6.45, 7) is -0.929. The van der Waals surface area contributed by atoms with Gasteiger partial charge < -0.3 is 38.1 Å². The first-order valence-electron chi connectivity index (χ1n) is 14.2. The van der Waals surface area contributed by atoms with Crippen molar-refractivity contribution in [3.8, 4) is 17.2 Å². The Labute approximate surface area is 275 Å². The molecule has 0 aliphatic carbocycles. The van der Waals surface area contributed by atoms with Gasteiger partial charge >= 0.3 is 23.9 Å². The number of nitro groups is 1. The molecule has 0 saturated heterocycles. The Balaban J connectivity index is 1.91. The van der Waals surface area contributed by atoms with Crippen molar-refractivity contribution in [2.75, 3.05) is 66.2 Å². The minimum Gasteiger partial charge on any atom is -0.488 e. The molecule has 0 aromatic heterocycles. The average molecular weight is 667 g/mol. The molecule has 0 fully saturated rings. The number of benzene rings is 3. The van der Waals surface area contributed by atoms with E-state index in [9.17, 15) is 29.3 Å². The van der Waals surface area contributed by atoms with Gasteiger partial charge in [0.05, 0.1) is 50.2 Å². The molecule has 0 bridgehead atoms. The molecule has 3 rings (SSSR count). The van der Waals surface area contributed by atoms with E-state index in [-0.39, 0.29) is 55.5 Å². The van der Waals surface area contributed by atoms with Crippen LogP contribution in [0.1, 0.15) is 21.5 Å². The van der Waals surface area contributed by atoms with Gasteiger partial charge in [0.1, 0.15) is 32.1 Å². The van der Waals surface area contributed by atoms with E-state index in [2.05, 4.69) is 9.47 Å². The molecule has 0 spiro atoms. The van der Waals surface area contributed by atoms with E-state index >= 15 is 0 Å². The molecule has 3 aromatic carbocycles. The number of carbonyl (C=O) groups is 4. The Morgan fingerprint density at radius 1 is 0.708 bits per heavy atom. The van der Waals surface area contributed by atoms with E-state index < -0.39 is 28.8 Å². The standard InChI is InChI=1S/C33H34N2O13/c1-42-30(36)19-34(20-31(37)43-2)25-14-10-22(9-11-23-12-13-24(33(39)45-4)18-26(23)35(40)41)17-29(25)47-16-15-46-27-7-5-6-8-28(27)48-21-32(38)44-3/h5-14,17-18H,15-16,19-21H2,1-4H3/b11-9+. The van der Waals surface area contributed by atoms with Gasteiger partial charge in [-0.3, -0.25) is 19.7 Å². The van der Waals surface area contributed by atoms with E-state index in [0.717, 1.165) is 6.07 Å². The van der Waals surface area contributed by atoms with Crippen LogP contribution in [-0.4, -0.2) is 90.1 Å². The molecule has 0 amide bonds. The Morgan fingerprint density at radius 3 is 1.90 bits per heavy atom. The van der Waals surface area contributed by atoms with Gasteiger partial charge in [0, 0.05) is 6.07 Å². The molecule has 15 heteroatoms. The maximum Gasteiger partial charge on any atom is 0.343 e. The van der Waals surface area contributed by atoms with Crippen LogP contribution in [0, 0.1) is 10.1 Å². The molecular weight excluding hydrogens is 632 g/mol. The molecular formula is C33H34N2O13. The molecule has 48 heavy (non-hydrogen) atoms. The monoisotopic (exact) mass is 666 g/mol. The lowest BCUT2D eigenvalue weighted by Gasteiger charge is -2.25. The van der Waals surface area contributed by atoms with Crippen molar-refractivity contribution in [3.63, 3.8) is 0 Å². The van der Waals surface area contributed by atoms with E-state index in [1.54, 1.807) is 48.5 Å². The lowest BCUT2D eigenvalue weighted by Crippen LogP contribution is -2.36. The fraction of sp³-hybridized carbons (Fsp3) is 0.273. The summed E-state index contributed by atoms with van der Waals surface area (Å²) in [5.41, 5.74) is 0.825. The Kier molecular flexibility index (Phi) is 13.7. The third-order valence-corrected chi connectivity index (χ3v) is 6.54. The molecule has 0 atom stereocenters. The van der Waals surface area contributed by atoms with Crippen LogP contribution in [0.25, 0.3) is 12.2 Å². The van der Waals surface area contributed by atoms with Crippen LogP contribution in [0.2, 0.25) is 0 Å². The Bertz CT molecular complexity index is 1640. The minimum absolute atomic E-state index is 0.0176. The summed E-state index contributed by atoms with van der Waals surface area (Å²) >= 11 is 0. The molecule has 0 saturated carbocycles. The zero-order chi connectivity index (χ0) is 35.1. The average Bonchev–Trinajstić information content (AvgIpc) is 3.10. The number of esters is 4. The fourth-order valence-corrected chi connectivity index (χ4v) is 4.14. The number of anilines is 1. The zero-order valence-corrected chi connectivity index (χ0v) is 26.7. The van der Waals surface area contributed by atoms with Crippen LogP contribution in [0.4, 0.5) is 11.4 Å². The lowest BCUT2D eigenvalue weighted by atomic mass is 10.1. The van der Waals surface area contributed by atoms with E-state index in [1.165, 1.54) is 51.5 Å². The van der Waals surface area contributed by atoms with Crippen molar-refractivity contribution in [1.82, 2.24) is 0 Å². The van der Waals surface area contributed by atoms with Crippen molar-refractivity contribution >= 4 is 47.4 Å². The number of methoxy groups -OCH3 is 4. The lowest BCUT2D eigenvalue weighted by molar-refractivity contribution is -0.385. The smallest absolute Gasteiger partial charge is 0.343 e. The summed E-state index contributed by atoms with van der Waals surface area (Å²) in [6.07, 6.45) is 3.08. The maximum absolute atomic E-state index is 12.2. The van der Waals surface area contributed by atoms with Crippen molar-refractivity contribution in [1.29, 1.82) is 0 Å². The predicted molar refractivity (Wildman–Crippen MR) is 171 cm³/mol. The van der Waals surface area contributed by atoms with Gasteiger partial charge in [-0.2, -0.15) is 0 Å². The topological polar surface area (TPSA) is 179 Å². The van der Waals surface area contributed by atoms with Crippen molar-refractivity contribution in [3.05, 3.63) is 87.5 Å². The van der Waals surface area contributed by atoms with Crippen LogP contribution < -0.4 is 19.1 Å². The van der Waals surface area contributed by atoms with Crippen LogP contribution in [-0.2, 0) is 33.3 Å². The molecule has 0 aliphatic heterocycles. The highest BCUT2D eigenvalue weighted by atomic mass is 16.6. The van der Waals surface area contributed by atoms with E-state index in [1.807, 2.05) is 0 Å². The number of carbonyl (C=O) groups excluding carboxylic acids is 4. The molecule has 0 aliphatic rings. The quantitative estimate of drug-likeness (QED) is 0.0508. The summed E-state index contributed by atoms with van der Waals surface area (Å²) in [7, 11) is 4.85. The molecule has 0 N–H and O–H groups in total. The highest BCUT2D eigenvalue weighted by Crippen LogP contribution is 2.32. The largest absolute Gasteiger partial charge is 0.488 e. The second-order valence-electron chi connectivity index (χ2n) is 9.60. The fourth-order valence-electron chi connectivity index (χ4n) is 4.14. The molecule has 0 unspecified atom stereocenters. The number of ether oxygens (including phenoxy) is 7. The molecule has 0 heterocycles. The minimum atomic E-state index is -0.712. The van der Waals surface area contributed by atoms with Gasteiger partial charge in [-0.25, -0.2) is 9.59 Å². The van der Waals surface area contributed by atoms with Crippen LogP contribution in [0.5, 0.6) is 17.2 Å². The first kappa shape index (κ1) is 36.3. The maximum atomic E-state index is 12.2. The van der Waals surface area contributed by atoms with Gasteiger partial charge in [-0.05, 0) is 48.0 Å². The molecule has 15 nitrogen and oxygen atoms in total. The highest BCUT2D eigenvalue weighted by Gasteiger charge is 2.21. The summed E-state index contributed by atoms with van der Waals surface area (Å²) in [6, 6.07) is 15.5. The molecule has 0 radical (unpaired) electrons. The van der Waals surface area contributed by atoms with Crippen LogP contribution in [0.15, 0.2) is 60.7 Å². The summed E-state index contributed by atoms with van der Waals surface area (Å²) in [4.78, 5) is 60.4. The third kappa shape index (κ3) is 10.5. The summed E-state index contributed by atoms with van der Waals surface area (Å²) in [5.74, 6) is -1.63. The van der Waals surface area contributed by atoms with Gasteiger partial charge in [0.15, 0.2) is 18.1 Å². The number of para-hydroxylation sites is 2. The van der Waals surface area contributed by atoms with Crippen LogP contribution in [0.3, 0.4) is 0 Å². The van der Waals surface area contributed by atoms with Gasteiger partial charge in [0.25, 0.3) is 5.69 Å². The summed E-state index contributed by atoms with van der Waals surface area (Å²) in [5, 5.41) is 11.7. The van der Waals surface area contributed by atoms with Crippen molar-refractivity contribution in [2.24, 2.45) is 0 Å². The molecule has 254 valence electrons. The van der Waals surface area contributed by atoms with Gasteiger partial charge in [-0.1, -0.05) is 24.3 Å².